The minimum atomic E-state index is -0.638. The van der Waals surface area contributed by atoms with Gasteiger partial charge in [0.2, 0.25) is 5.75 Å². The number of aromatic nitrogens is 2. The number of hydrogen-bond donors (Lipinski definition) is 1. The molecule has 1 amide bonds. The van der Waals surface area contributed by atoms with Crippen molar-refractivity contribution in [2.24, 2.45) is 5.10 Å². The van der Waals surface area contributed by atoms with Gasteiger partial charge in [-0.25, -0.2) is 4.98 Å². The summed E-state index contributed by atoms with van der Waals surface area (Å²) in [7, 11) is 1.33. The summed E-state index contributed by atoms with van der Waals surface area (Å²) in [6, 6.07) is 14.5. The summed E-state index contributed by atoms with van der Waals surface area (Å²) in [6.07, 6.45) is 6.33. The Morgan fingerprint density at radius 2 is 1.93 bits per heavy atom. The van der Waals surface area contributed by atoms with Crippen LogP contribution in [-0.2, 0) is 4.79 Å². The zero-order valence-electron chi connectivity index (χ0n) is 23.1. The number of hydrogen-bond acceptors (Lipinski definition) is 8. The van der Waals surface area contributed by atoms with Gasteiger partial charge in [-0.2, -0.15) is 9.78 Å². The topological polar surface area (TPSA) is 138 Å². The second-order valence-electron chi connectivity index (χ2n) is 10.0. The number of nitrogens with one attached hydrogen (secondary N) is 1. The maximum Gasteiger partial charge on any atom is 0.315 e. The standard InChI is InChI=1S/C30H27BrClN5O6/c1-42-26-14-18(13-25(37(40)41)28(26)43-17-27(38)34-22-10-8-21(32)9-11-22)16-33-36-29(19-5-3-2-4-6-19)35-24-12-7-20(31)15-23(24)30(36)39/h7-16,19H,2-6,17H2,1H3,(H,34,38). The van der Waals surface area contributed by atoms with Gasteiger partial charge in [0.15, 0.2) is 12.4 Å². The fourth-order valence-corrected chi connectivity index (χ4v) is 5.50. The Labute approximate surface area is 259 Å². The Morgan fingerprint density at radius 1 is 1.19 bits per heavy atom. The number of fused-ring (bicyclic) bond motifs is 1. The molecule has 0 saturated heterocycles. The van der Waals surface area contributed by atoms with Crippen LogP contribution in [0.1, 0.15) is 49.4 Å². The van der Waals surface area contributed by atoms with Crippen LogP contribution in [0.25, 0.3) is 10.9 Å². The number of nitro groups is 1. The van der Waals surface area contributed by atoms with Crippen molar-refractivity contribution in [1.82, 2.24) is 9.66 Å². The fraction of sp³-hybridized carbons (Fsp3) is 0.267. The number of halogens is 2. The fourth-order valence-electron chi connectivity index (χ4n) is 5.01. The van der Waals surface area contributed by atoms with Crippen LogP contribution in [-0.4, -0.2) is 40.4 Å². The van der Waals surface area contributed by atoms with Crippen molar-refractivity contribution in [2.75, 3.05) is 19.0 Å². The van der Waals surface area contributed by atoms with E-state index in [4.69, 9.17) is 26.1 Å². The number of ether oxygens (including phenoxy) is 2. The lowest BCUT2D eigenvalue weighted by atomic mass is 9.88. The van der Waals surface area contributed by atoms with E-state index in [1.807, 2.05) is 6.07 Å². The molecule has 0 bridgehead atoms. The molecule has 1 saturated carbocycles. The Balaban J connectivity index is 1.47. The van der Waals surface area contributed by atoms with Gasteiger partial charge in [0.05, 0.1) is 29.2 Å². The minimum absolute atomic E-state index is 0.0235. The summed E-state index contributed by atoms with van der Waals surface area (Å²) in [6.45, 7) is -0.508. The Morgan fingerprint density at radius 3 is 2.63 bits per heavy atom. The van der Waals surface area contributed by atoms with E-state index in [0.29, 0.717) is 27.4 Å². The van der Waals surface area contributed by atoms with Crippen molar-refractivity contribution in [3.05, 3.63) is 95.9 Å². The Kier molecular flexibility index (Phi) is 9.37. The van der Waals surface area contributed by atoms with Gasteiger partial charge in [-0.05, 0) is 61.4 Å². The van der Waals surface area contributed by atoms with Gasteiger partial charge in [-0.3, -0.25) is 19.7 Å². The normalized spacial score (nSPS) is 13.7. The van der Waals surface area contributed by atoms with Gasteiger partial charge in [-0.1, -0.05) is 46.8 Å². The van der Waals surface area contributed by atoms with E-state index in [2.05, 4.69) is 26.3 Å². The molecule has 4 aromatic rings. The van der Waals surface area contributed by atoms with E-state index >= 15 is 0 Å². The van der Waals surface area contributed by atoms with Crippen molar-refractivity contribution in [1.29, 1.82) is 0 Å². The van der Waals surface area contributed by atoms with E-state index in [1.54, 1.807) is 36.4 Å². The first-order valence-electron chi connectivity index (χ1n) is 13.5. The van der Waals surface area contributed by atoms with Crippen LogP contribution in [0.3, 0.4) is 0 Å². The molecule has 0 aliphatic heterocycles. The van der Waals surface area contributed by atoms with E-state index in [1.165, 1.54) is 30.1 Å². The van der Waals surface area contributed by atoms with Crippen LogP contribution in [0.5, 0.6) is 11.5 Å². The van der Waals surface area contributed by atoms with E-state index < -0.39 is 23.1 Å². The van der Waals surface area contributed by atoms with E-state index in [0.717, 1.165) is 36.6 Å². The molecular formula is C30H27BrClN5O6. The van der Waals surface area contributed by atoms with Crippen LogP contribution in [0.4, 0.5) is 11.4 Å². The first kappa shape index (κ1) is 30.2. The molecule has 222 valence electrons. The summed E-state index contributed by atoms with van der Waals surface area (Å²) >= 11 is 9.29. The van der Waals surface area contributed by atoms with Crippen molar-refractivity contribution < 1.29 is 19.2 Å². The van der Waals surface area contributed by atoms with Gasteiger partial charge in [0, 0.05) is 32.7 Å². The molecule has 43 heavy (non-hydrogen) atoms. The molecular weight excluding hydrogens is 642 g/mol. The molecule has 1 fully saturated rings. The average Bonchev–Trinajstić information content (AvgIpc) is 3.01. The average molecular weight is 669 g/mol. The van der Waals surface area contributed by atoms with Crippen LogP contribution >= 0.6 is 27.5 Å². The molecule has 0 spiro atoms. The number of rotatable bonds is 9. The summed E-state index contributed by atoms with van der Waals surface area (Å²) in [4.78, 5) is 42.2. The van der Waals surface area contributed by atoms with Gasteiger partial charge >= 0.3 is 5.69 Å². The van der Waals surface area contributed by atoms with Crippen molar-refractivity contribution >= 4 is 61.9 Å². The molecule has 1 aliphatic carbocycles. The van der Waals surface area contributed by atoms with Crippen molar-refractivity contribution in [3.8, 4) is 11.5 Å². The molecule has 0 atom stereocenters. The summed E-state index contributed by atoms with van der Waals surface area (Å²) in [5.41, 5.74) is 0.595. The Hall–Kier alpha value is -4.29. The molecule has 1 aromatic heterocycles. The third kappa shape index (κ3) is 7.03. The number of carbonyl (C=O) groups excluding carboxylic acids is 1. The minimum Gasteiger partial charge on any atom is -0.493 e. The van der Waals surface area contributed by atoms with Crippen LogP contribution < -0.4 is 20.3 Å². The first-order valence-corrected chi connectivity index (χ1v) is 14.7. The zero-order chi connectivity index (χ0) is 30.5. The Bertz CT molecular complexity index is 1770. The number of methoxy groups -OCH3 is 1. The van der Waals surface area contributed by atoms with Crippen molar-refractivity contribution in [2.45, 2.75) is 38.0 Å². The summed E-state index contributed by atoms with van der Waals surface area (Å²) < 4.78 is 13.0. The second kappa shape index (κ2) is 13.3. The van der Waals surface area contributed by atoms with E-state index in [-0.39, 0.29) is 28.5 Å². The molecule has 5 rings (SSSR count). The predicted molar refractivity (Wildman–Crippen MR) is 168 cm³/mol. The second-order valence-corrected chi connectivity index (χ2v) is 11.4. The number of nitro benzene ring substituents is 1. The zero-order valence-corrected chi connectivity index (χ0v) is 25.4. The summed E-state index contributed by atoms with van der Waals surface area (Å²) in [5.74, 6) is -0.105. The highest BCUT2D eigenvalue weighted by Crippen LogP contribution is 2.38. The lowest BCUT2D eigenvalue weighted by Crippen LogP contribution is -2.25. The highest BCUT2D eigenvalue weighted by atomic mass is 79.9. The third-order valence-electron chi connectivity index (χ3n) is 7.08. The van der Waals surface area contributed by atoms with Gasteiger partial charge < -0.3 is 14.8 Å². The monoisotopic (exact) mass is 667 g/mol. The molecule has 0 radical (unpaired) electrons. The largest absolute Gasteiger partial charge is 0.493 e. The molecule has 1 heterocycles. The molecule has 1 N–H and O–H groups in total. The number of nitrogens with zero attached hydrogens (tertiary/aromatic N) is 4. The highest BCUT2D eigenvalue weighted by Gasteiger charge is 2.25. The number of carbonyl (C=O) groups is 1. The van der Waals surface area contributed by atoms with Crippen molar-refractivity contribution in [3.63, 3.8) is 0 Å². The van der Waals surface area contributed by atoms with Gasteiger partial charge in [-0.15, -0.1) is 0 Å². The maximum atomic E-state index is 13.6. The van der Waals surface area contributed by atoms with E-state index in [9.17, 15) is 19.7 Å². The van der Waals surface area contributed by atoms with Crippen LogP contribution in [0.2, 0.25) is 5.02 Å². The highest BCUT2D eigenvalue weighted by molar-refractivity contribution is 9.10. The number of anilines is 1. The van der Waals surface area contributed by atoms with Gasteiger partial charge in [0.25, 0.3) is 11.5 Å². The number of amides is 1. The van der Waals surface area contributed by atoms with Crippen LogP contribution in [0.15, 0.2) is 69.0 Å². The lowest BCUT2D eigenvalue weighted by Gasteiger charge is -2.22. The molecule has 13 heteroatoms. The smallest absolute Gasteiger partial charge is 0.315 e. The maximum absolute atomic E-state index is 13.6. The lowest BCUT2D eigenvalue weighted by molar-refractivity contribution is -0.385. The summed E-state index contributed by atoms with van der Waals surface area (Å²) in [5, 5.41) is 20.0. The SMILES string of the molecule is COc1cc(C=Nn2c(C3CCCCC3)nc3ccc(Br)cc3c2=O)cc([N+](=O)[O-])c1OCC(=O)Nc1ccc(Cl)cc1. The quantitative estimate of drug-likeness (QED) is 0.119. The molecule has 1 aliphatic rings. The third-order valence-corrected chi connectivity index (χ3v) is 7.82. The van der Waals surface area contributed by atoms with Crippen LogP contribution in [0, 0.1) is 10.1 Å². The van der Waals surface area contributed by atoms with Gasteiger partial charge in [0.1, 0.15) is 5.82 Å². The molecule has 3 aromatic carbocycles. The number of benzene rings is 3. The molecule has 0 unspecified atom stereocenters. The predicted octanol–water partition coefficient (Wildman–Crippen LogP) is 6.68. The first-order chi connectivity index (χ1) is 20.7. The molecule has 11 nitrogen and oxygen atoms in total.